The topological polar surface area (TPSA) is 52.4 Å². The van der Waals surface area contributed by atoms with Crippen molar-refractivity contribution < 1.29 is 14.1 Å². The zero-order valence-corrected chi connectivity index (χ0v) is 11.2. The molecular formula is C15H14FNO3. The molecule has 2 aromatic rings. The van der Waals surface area contributed by atoms with Gasteiger partial charge in [-0.15, -0.1) is 0 Å². The molecule has 5 heteroatoms. The first-order chi connectivity index (χ1) is 9.47. The van der Waals surface area contributed by atoms with Crippen LogP contribution in [0.4, 0.5) is 10.1 Å². The van der Waals surface area contributed by atoms with E-state index < -0.39 is 16.4 Å². The Hall–Kier alpha value is -2.43. The van der Waals surface area contributed by atoms with E-state index in [1.54, 1.807) is 0 Å². The minimum Gasteiger partial charge on any atom is -0.489 e. The van der Waals surface area contributed by atoms with Crippen LogP contribution in [0.2, 0.25) is 0 Å². The summed E-state index contributed by atoms with van der Waals surface area (Å²) in [6.45, 7) is 4.24. The van der Waals surface area contributed by atoms with E-state index in [4.69, 9.17) is 4.74 Å². The molecule has 0 aliphatic carbocycles. The second kappa shape index (κ2) is 5.69. The van der Waals surface area contributed by atoms with Gasteiger partial charge in [-0.2, -0.15) is 4.39 Å². The van der Waals surface area contributed by atoms with Crippen molar-refractivity contribution in [3.63, 3.8) is 0 Å². The maximum absolute atomic E-state index is 13.4. The van der Waals surface area contributed by atoms with E-state index in [0.717, 1.165) is 28.8 Å². The van der Waals surface area contributed by atoms with Gasteiger partial charge in [0.15, 0.2) is 0 Å². The highest BCUT2D eigenvalue weighted by molar-refractivity contribution is 5.38. The Morgan fingerprint density at radius 2 is 1.95 bits per heavy atom. The van der Waals surface area contributed by atoms with Crippen LogP contribution in [-0.4, -0.2) is 4.92 Å². The Balaban J connectivity index is 2.13. The molecule has 0 saturated heterocycles. The number of hydrogen-bond acceptors (Lipinski definition) is 3. The van der Waals surface area contributed by atoms with Gasteiger partial charge in [-0.3, -0.25) is 10.1 Å². The Morgan fingerprint density at radius 3 is 2.60 bits per heavy atom. The largest absolute Gasteiger partial charge is 0.489 e. The lowest BCUT2D eigenvalue weighted by Gasteiger charge is -2.09. The maximum atomic E-state index is 13.4. The summed E-state index contributed by atoms with van der Waals surface area (Å²) >= 11 is 0. The van der Waals surface area contributed by atoms with Crippen LogP contribution in [0.25, 0.3) is 0 Å². The lowest BCUT2D eigenvalue weighted by Crippen LogP contribution is -1.99. The average Bonchev–Trinajstić information content (AvgIpc) is 2.39. The number of nitro benzene ring substituents is 1. The third kappa shape index (κ3) is 3.12. The first-order valence-electron chi connectivity index (χ1n) is 6.10. The summed E-state index contributed by atoms with van der Waals surface area (Å²) in [5, 5.41) is 10.5. The third-order valence-corrected chi connectivity index (χ3v) is 3.01. The summed E-state index contributed by atoms with van der Waals surface area (Å²) in [6.07, 6.45) is 0. The molecule has 0 N–H and O–H groups in total. The summed E-state index contributed by atoms with van der Waals surface area (Å²) in [5.41, 5.74) is 2.65. The van der Waals surface area contributed by atoms with Crippen LogP contribution < -0.4 is 4.74 Å². The minimum atomic E-state index is -0.895. The van der Waals surface area contributed by atoms with Crippen molar-refractivity contribution in [2.24, 2.45) is 0 Å². The van der Waals surface area contributed by atoms with Crippen molar-refractivity contribution in [3.8, 4) is 5.75 Å². The number of halogens is 1. The van der Waals surface area contributed by atoms with Gasteiger partial charge in [0.05, 0.1) is 4.92 Å². The van der Waals surface area contributed by atoms with E-state index in [9.17, 15) is 14.5 Å². The molecule has 20 heavy (non-hydrogen) atoms. The second-order valence-electron chi connectivity index (χ2n) is 4.59. The van der Waals surface area contributed by atoms with Crippen LogP contribution in [0.3, 0.4) is 0 Å². The van der Waals surface area contributed by atoms with Gasteiger partial charge in [0.25, 0.3) is 0 Å². The van der Waals surface area contributed by atoms with Crippen LogP contribution in [0.15, 0.2) is 36.4 Å². The van der Waals surface area contributed by atoms with Crippen LogP contribution in [0, 0.1) is 29.8 Å². The molecule has 0 atom stereocenters. The van der Waals surface area contributed by atoms with Gasteiger partial charge in [0.2, 0.25) is 5.82 Å². The number of nitro groups is 1. The van der Waals surface area contributed by atoms with E-state index in [0.29, 0.717) is 6.61 Å². The fourth-order valence-electron chi connectivity index (χ4n) is 1.84. The summed E-state index contributed by atoms with van der Waals surface area (Å²) < 4.78 is 18.9. The van der Waals surface area contributed by atoms with Gasteiger partial charge in [0, 0.05) is 12.1 Å². The van der Waals surface area contributed by atoms with Crippen molar-refractivity contribution in [2.75, 3.05) is 0 Å². The number of hydrogen-bond donors (Lipinski definition) is 0. The number of aryl methyl sites for hydroxylation is 2. The van der Waals surface area contributed by atoms with Gasteiger partial charge >= 0.3 is 5.69 Å². The molecule has 0 aliphatic heterocycles. The van der Waals surface area contributed by atoms with Crippen LogP contribution in [-0.2, 0) is 6.61 Å². The Morgan fingerprint density at radius 1 is 1.20 bits per heavy atom. The predicted octanol–water partition coefficient (Wildman–Crippen LogP) is 3.93. The molecule has 4 nitrogen and oxygen atoms in total. The van der Waals surface area contributed by atoms with Crippen molar-refractivity contribution in [1.29, 1.82) is 0 Å². The van der Waals surface area contributed by atoms with Crippen molar-refractivity contribution >= 4 is 5.69 Å². The zero-order valence-electron chi connectivity index (χ0n) is 11.2. The van der Waals surface area contributed by atoms with E-state index in [-0.39, 0.29) is 5.75 Å². The smallest absolute Gasteiger partial charge is 0.305 e. The minimum absolute atomic E-state index is 0.272. The van der Waals surface area contributed by atoms with Gasteiger partial charge in [-0.05, 0) is 31.0 Å². The predicted molar refractivity (Wildman–Crippen MR) is 73.3 cm³/mol. The summed E-state index contributed by atoms with van der Waals surface area (Å²) in [6, 6.07) is 9.52. The molecule has 0 amide bonds. The molecule has 0 heterocycles. The molecule has 104 valence electrons. The summed E-state index contributed by atoms with van der Waals surface area (Å²) in [5.74, 6) is -0.623. The first kappa shape index (κ1) is 14.0. The molecule has 0 aromatic heterocycles. The van der Waals surface area contributed by atoms with E-state index >= 15 is 0 Å². The van der Waals surface area contributed by atoms with E-state index in [1.165, 1.54) is 6.07 Å². The van der Waals surface area contributed by atoms with Gasteiger partial charge in [0.1, 0.15) is 12.4 Å². The maximum Gasteiger partial charge on any atom is 0.305 e. The fourth-order valence-corrected chi connectivity index (χ4v) is 1.84. The summed E-state index contributed by atoms with van der Waals surface area (Å²) in [4.78, 5) is 9.76. The van der Waals surface area contributed by atoms with Crippen LogP contribution in [0.5, 0.6) is 5.75 Å². The first-order valence-corrected chi connectivity index (χ1v) is 6.10. The standard InChI is InChI=1S/C15H14FNO3/c1-10-3-4-11(2)12(7-10)9-20-13-5-6-15(17(18)19)14(16)8-13/h3-8H,9H2,1-2H3. The van der Waals surface area contributed by atoms with Gasteiger partial charge < -0.3 is 4.74 Å². The molecule has 0 radical (unpaired) electrons. The van der Waals surface area contributed by atoms with Crippen LogP contribution in [0.1, 0.15) is 16.7 Å². The lowest BCUT2D eigenvalue weighted by molar-refractivity contribution is -0.387. The molecule has 0 fully saturated rings. The monoisotopic (exact) mass is 275 g/mol. The molecule has 0 bridgehead atoms. The highest BCUT2D eigenvalue weighted by Crippen LogP contribution is 2.23. The number of ether oxygens (including phenoxy) is 1. The van der Waals surface area contributed by atoms with E-state index in [1.807, 2.05) is 32.0 Å². The molecule has 2 aromatic carbocycles. The third-order valence-electron chi connectivity index (χ3n) is 3.01. The quantitative estimate of drug-likeness (QED) is 0.627. The normalized spacial score (nSPS) is 10.3. The Bertz CT molecular complexity index is 656. The molecule has 0 spiro atoms. The zero-order chi connectivity index (χ0) is 14.7. The number of benzene rings is 2. The Labute approximate surface area is 116 Å². The molecular weight excluding hydrogens is 261 g/mol. The molecule has 2 rings (SSSR count). The summed E-state index contributed by atoms with van der Waals surface area (Å²) in [7, 11) is 0. The lowest BCUT2D eigenvalue weighted by atomic mass is 10.1. The van der Waals surface area contributed by atoms with Crippen LogP contribution >= 0.6 is 0 Å². The van der Waals surface area contributed by atoms with Crippen molar-refractivity contribution in [3.05, 3.63) is 69.0 Å². The number of nitrogens with zero attached hydrogens (tertiary/aromatic N) is 1. The molecule has 0 aliphatic rings. The van der Waals surface area contributed by atoms with Gasteiger partial charge in [-0.25, -0.2) is 0 Å². The highest BCUT2D eigenvalue weighted by atomic mass is 19.1. The highest BCUT2D eigenvalue weighted by Gasteiger charge is 2.14. The van der Waals surface area contributed by atoms with E-state index in [2.05, 4.69) is 0 Å². The molecule has 0 unspecified atom stereocenters. The van der Waals surface area contributed by atoms with Crippen molar-refractivity contribution in [2.45, 2.75) is 20.5 Å². The van der Waals surface area contributed by atoms with Gasteiger partial charge in [-0.1, -0.05) is 23.8 Å². The van der Waals surface area contributed by atoms with Crippen molar-refractivity contribution in [1.82, 2.24) is 0 Å². The fraction of sp³-hybridized carbons (Fsp3) is 0.200. The number of rotatable bonds is 4. The second-order valence-corrected chi connectivity index (χ2v) is 4.59. The SMILES string of the molecule is Cc1ccc(C)c(COc2ccc([N+](=O)[O-])c(F)c2)c1. The molecule has 0 saturated carbocycles. The average molecular weight is 275 g/mol. The Kier molecular flexibility index (Phi) is 3.98.